The third-order valence-corrected chi connectivity index (χ3v) is 7.45. The quantitative estimate of drug-likeness (QED) is 0.0891. The van der Waals surface area contributed by atoms with Crippen LogP contribution in [0.5, 0.6) is 0 Å². The highest BCUT2D eigenvalue weighted by atomic mass is 28.3. The lowest BCUT2D eigenvalue weighted by molar-refractivity contribution is -0.107. The lowest BCUT2D eigenvalue weighted by Crippen LogP contribution is -2.17. The highest BCUT2D eigenvalue weighted by molar-refractivity contribution is 6.76. The van der Waals surface area contributed by atoms with Crippen molar-refractivity contribution in [3.63, 3.8) is 0 Å². The lowest BCUT2D eigenvalue weighted by atomic mass is 9.85. The Balaban J connectivity index is 4.47. The van der Waals surface area contributed by atoms with Crippen molar-refractivity contribution in [2.75, 3.05) is 0 Å². The maximum atomic E-state index is 14.6. The molecule has 0 N–H and O–H groups in total. The van der Waals surface area contributed by atoms with E-state index in [1.807, 2.05) is 6.92 Å². The summed E-state index contributed by atoms with van der Waals surface area (Å²) >= 11 is 0. The van der Waals surface area contributed by atoms with E-state index >= 15 is 0 Å². The topological polar surface area (TPSA) is 17.1 Å². The van der Waals surface area contributed by atoms with E-state index in [1.165, 1.54) is 16.7 Å². The zero-order chi connectivity index (χ0) is 26.9. The molecule has 0 amide bonds. The Hall–Kier alpha value is -1.66. The largest absolute Gasteiger partial charge is 0.303 e. The Kier molecular flexibility index (Phi) is 16.9. The van der Waals surface area contributed by atoms with Crippen LogP contribution in [0.15, 0.2) is 46.3 Å². The lowest BCUT2D eigenvalue weighted by Gasteiger charge is -2.20. The first-order valence-corrected chi connectivity index (χ1v) is 17.2. The smallest absolute Gasteiger partial charge is 0.120 e. The second-order valence-corrected chi connectivity index (χ2v) is 17.7. The van der Waals surface area contributed by atoms with Gasteiger partial charge in [-0.15, -0.1) is 11.8 Å². The van der Waals surface area contributed by atoms with Gasteiger partial charge in [-0.05, 0) is 83.6 Å². The third kappa shape index (κ3) is 20.2. The SMILES string of the molecule is C/C(=C/CC(C)(C)CC#CC[Si](C)(C)C)CC/C(C)=C(\F)CC/C=C(\C)CC/C=C(\C)CCC=O. The number of rotatable bonds is 16. The van der Waals surface area contributed by atoms with Gasteiger partial charge in [0.15, 0.2) is 0 Å². The highest BCUT2D eigenvalue weighted by Gasteiger charge is 2.15. The number of allylic oxidation sites excluding steroid dienone is 8. The second kappa shape index (κ2) is 17.7. The molecule has 0 aromatic rings. The molecule has 198 valence electrons. The Labute approximate surface area is 218 Å². The molecule has 0 bridgehead atoms. The Morgan fingerprint density at radius 2 is 1.31 bits per heavy atom. The van der Waals surface area contributed by atoms with Crippen molar-refractivity contribution in [1.29, 1.82) is 0 Å². The van der Waals surface area contributed by atoms with E-state index in [-0.39, 0.29) is 11.2 Å². The molecule has 0 fully saturated rings. The molecule has 35 heavy (non-hydrogen) atoms. The van der Waals surface area contributed by atoms with Crippen LogP contribution in [0.25, 0.3) is 0 Å². The Bertz CT molecular complexity index is 822. The van der Waals surface area contributed by atoms with Crippen LogP contribution in [0.4, 0.5) is 4.39 Å². The number of hydrogen-bond acceptors (Lipinski definition) is 1. The van der Waals surface area contributed by atoms with Crippen molar-refractivity contribution in [1.82, 2.24) is 0 Å². The molecule has 0 aliphatic rings. The van der Waals surface area contributed by atoms with E-state index in [4.69, 9.17) is 0 Å². The summed E-state index contributed by atoms with van der Waals surface area (Å²) in [5.41, 5.74) is 4.98. The van der Waals surface area contributed by atoms with Crippen LogP contribution in [0, 0.1) is 17.3 Å². The van der Waals surface area contributed by atoms with Gasteiger partial charge in [-0.1, -0.05) is 68.4 Å². The Morgan fingerprint density at radius 1 is 0.771 bits per heavy atom. The number of hydrogen-bond donors (Lipinski definition) is 0. The van der Waals surface area contributed by atoms with E-state index in [0.29, 0.717) is 12.8 Å². The van der Waals surface area contributed by atoms with Gasteiger partial charge < -0.3 is 4.79 Å². The molecule has 0 spiro atoms. The average Bonchev–Trinajstić information content (AvgIpc) is 2.76. The number of carbonyl (C=O) groups is 1. The predicted octanol–water partition coefficient (Wildman–Crippen LogP) is 10.5. The fourth-order valence-electron chi connectivity index (χ4n) is 3.47. The van der Waals surface area contributed by atoms with E-state index < -0.39 is 8.07 Å². The summed E-state index contributed by atoms with van der Waals surface area (Å²) in [6.45, 7) is 19.9. The van der Waals surface area contributed by atoms with E-state index in [2.05, 4.69) is 84.3 Å². The molecule has 0 saturated carbocycles. The zero-order valence-corrected chi connectivity index (χ0v) is 25.4. The van der Waals surface area contributed by atoms with Gasteiger partial charge >= 0.3 is 0 Å². The van der Waals surface area contributed by atoms with Crippen LogP contribution in [0.3, 0.4) is 0 Å². The maximum absolute atomic E-state index is 14.6. The molecule has 0 heterocycles. The molecule has 0 aromatic heterocycles. The summed E-state index contributed by atoms with van der Waals surface area (Å²) in [5.74, 6) is 6.84. The van der Waals surface area contributed by atoms with Gasteiger partial charge in [-0.2, -0.15) is 0 Å². The van der Waals surface area contributed by atoms with E-state index in [9.17, 15) is 9.18 Å². The van der Waals surface area contributed by atoms with Crippen molar-refractivity contribution < 1.29 is 9.18 Å². The van der Waals surface area contributed by atoms with Crippen LogP contribution in [-0.2, 0) is 4.79 Å². The Morgan fingerprint density at radius 3 is 1.89 bits per heavy atom. The first-order chi connectivity index (χ1) is 16.3. The molecule has 0 radical (unpaired) electrons. The number of halogens is 1. The van der Waals surface area contributed by atoms with Crippen molar-refractivity contribution in [3.8, 4) is 11.8 Å². The van der Waals surface area contributed by atoms with Gasteiger partial charge in [0, 0.05) is 25.3 Å². The fourth-order valence-corrected chi connectivity index (χ4v) is 4.13. The van der Waals surface area contributed by atoms with Crippen LogP contribution in [-0.4, -0.2) is 14.4 Å². The summed E-state index contributed by atoms with van der Waals surface area (Å²) in [5, 5.41) is 0. The van der Waals surface area contributed by atoms with Crippen LogP contribution >= 0.6 is 0 Å². The van der Waals surface area contributed by atoms with Gasteiger partial charge in [0.2, 0.25) is 0 Å². The molecule has 0 unspecified atom stereocenters. The molecule has 0 aromatic carbocycles. The molecule has 0 aliphatic heterocycles. The minimum atomic E-state index is -1.08. The van der Waals surface area contributed by atoms with Gasteiger partial charge in [0.05, 0.1) is 13.9 Å². The second-order valence-electron chi connectivity index (χ2n) is 12.3. The van der Waals surface area contributed by atoms with Gasteiger partial charge in [-0.3, -0.25) is 0 Å². The summed E-state index contributed by atoms with van der Waals surface area (Å²) in [6, 6.07) is 1.07. The van der Waals surface area contributed by atoms with Crippen molar-refractivity contribution >= 4 is 14.4 Å². The van der Waals surface area contributed by atoms with Crippen molar-refractivity contribution in [3.05, 3.63) is 46.3 Å². The minimum Gasteiger partial charge on any atom is -0.303 e. The first kappa shape index (κ1) is 33.3. The molecular formula is C32H53FOSi. The van der Waals surface area contributed by atoms with Gasteiger partial charge in [-0.25, -0.2) is 4.39 Å². The molecule has 0 saturated heterocycles. The predicted molar refractivity (Wildman–Crippen MR) is 157 cm³/mol. The minimum absolute atomic E-state index is 0.0458. The first-order valence-electron chi connectivity index (χ1n) is 13.5. The maximum Gasteiger partial charge on any atom is 0.120 e. The standard InChI is InChI=1S/C32H53FOSi/c1-27(15-12-16-28(2)18-14-25-34)17-13-19-31(33)30(4)21-20-29(3)22-24-32(5,6)23-10-11-26-35(7,8)9/h16-17,22,25H,12-15,18-21,23-24,26H2,1-9H3/b27-17+,28-16+,29-22-,31-30-. The molecule has 0 aliphatic carbocycles. The van der Waals surface area contributed by atoms with E-state index in [1.54, 1.807) is 0 Å². The van der Waals surface area contributed by atoms with Crippen molar-refractivity contribution in [2.45, 2.75) is 131 Å². The van der Waals surface area contributed by atoms with Crippen LogP contribution in [0.2, 0.25) is 25.7 Å². The monoisotopic (exact) mass is 500 g/mol. The number of carbonyl (C=O) groups excluding carboxylic acids is 1. The van der Waals surface area contributed by atoms with Crippen LogP contribution < -0.4 is 0 Å². The molecule has 0 atom stereocenters. The molecule has 3 heteroatoms. The fraction of sp³-hybridized carbons (Fsp3) is 0.656. The average molecular weight is 501 g/mol. The molecular weight excluding hydrogens is 447 g/mol. The molecule has 1 nitrogen and oxygen atoms in total. The highest BCUT2D eigenvalue weighted by Crippen LogP contribution is 2.27. The third-order valence-electron chi connectivity index (χ3n) is 6.22. The van der Waals surface area contributed by atoms with E-state index in [0.717, 1.165) is 69.3 Å². The van der Waals surface area contributed by atoms with Crippen molar-refractivity contribution in [2.24, 2.45) is 5.41 Å². The van der Waals surface area contributed by atoms with Crippen LogP contribution in [0.1, 0.15) is 106 Å². The summed E-state index contributed by atoms with van der Waals surface area (Å²) in [6.07, 6.45) is 16.0. The summed E-state index contributed by atoms with van der Waals surface area (Å²) < 4.78 is 14.6. The summed E-state index contributed by atoms with van der Waals surface area (Å²) in [4.78, 5) is 10.4. The van der Waals surface area contributed by atoms with Gasteiger partial charge in [0.1, 0.15) is 6.29 Å². The molecule has 0 rings (SSSR count). The van der Waals surface area contributed by atoms with Gasteiger partial charge in [0.25, 0.3) is 0 Å². The summed E-state index contributed by atoms with van der Waals surface area (Å²) in [7, 11) is -1.08. The number of aldehydes is 1. The zero-order valence-electron chi connectivity index (χ0n) is 24.4. The normalized spacial score (nSPS) is 14.4.